The van der Waals surface area contributed by atoms with Gasteiger partial charge in [0.15, 0.2) is 6.29 Å². The van der Waals surface area contributed by atoms with E-state index in [1.807, 2.05) is 12.1 Å². The fraction of sp³-hybridized carbons (Fsp3) is 0. The molecule has 0 aliphatic carbocycles. The van der Waals surface area contributed by atoms with E-state index in [1.165, 1.54) is 11.3 Å². The van der Waals surface area contributed by atoms with Crippen molar-refractivity contribution in [3.8, 4) is 10.6 Å². The van der Waals surface area contributed by atoms with Crippen LogP contribution in [0, 0.1) is 0 Å². The van der Waals surface area contributed by atoms with Gasteiger partial charge in [-0.05, 0) is 12.1 Å². The predicted octanol–water partition coefficient (Wildman–Crippen LogP) is 2.02. The van der Waals surface area contributed by atoms with Gasteiger partial charge in [0, 0.05) is 24.2 Å². The first-order chi connectivity index (χ1) is 6.40. The highest BCUT2D eigenvalue weighted by molar-refractivity contribution is 7.16. The second-order valence-corrected chi connectivity index (χ2v) is 3.49. The van der Waals surface area contributed by atoms with Gasteiger partial charge < -0.3 is 0 Å². The van der Waals surface area contributed by atoms with Crippen LogP contribution in [0.15, 0.2) is 30.7 Å². The highest BCUT2D eigenvalue weighted by atomic mass is 32.1. The van der Waals surface area contributed by atoms with Gasteiger partial charge in [-0.1, -0.05) is 0 Å². The molecule has 2 heterocycles. The summed E-state index contributed by atoms with van der Waals surface area (Å²) in [5, 5.41) is 0.829. The Labute approximate surface area is 79.1 Å². The minimum Gasteiger partial charge on any atom is -0.297 e. The van der Waals surface area contributed by atoms with Crippen molar-refractivity contribution >= 4 is 17.6 Å². The van der Waals surface area contributed by atoms with Crippen molar-refractivity contribution in [1.29, 1.82) is 0 Å². The Balaban J connectivity index is 2.41. The monoisotopic (exact) mass is 190 g/mol. The quantitative estimate of drug-likeness (QED) is 0.680. The second-order valence-electron chi connectivity index (χ2n) is 2.43. The molecule has 0 aliphatic heterocycles. The SMILES string of the molecule is O=Cc1cnc(-c2cccnc2)s1. The number of rotatable bonds is 2. The van der Waals surface area contributed by atoms with Gasteiger partial charge in [-0.2, -0.15) is 0 Å². The van der Waals surface area contributed by atoms with Gasteiger partial charge in [-0.15, -0.1) is 11.3 Å². The molecule has 0 amide bonds. The number of hydrogen-bond acceptors (Lipinski definition) is 4. The molecule has 2 aromatic rings. The van der Waals surface area contributed by atoms with Crippen LogP contribution in [0.5, 0.6) is 0 Å². The fourth-order valence-electron chi connectivity index (χ4n) is 0.964. The molecule has 3 nitrogen and oxygen atoms in total. The van der Waals surface area contributed by atoms with E-state index in [-0.39, 0.29) is 0 Å². The maximum absolute atomic E-state index is 10.4. The third-order valence-corrected chi connectivity index (χ3v) is 2.52. The lowest BCUT2D eigenvalue weighted by atomic mass is 10.3. The summed E-state index contributed by atoms with van der Waals surface area (Å²) in [6, 6.07) is 3.76. The largest absolute Gasteiger partial charge is 0.297 e. The van der Waals surface area contributed by atoms with E-state index in [0.29, 0.717) is 4.88 Å². The molecular weight excluding hydrogens is 184 g/mol. The Hall–Kier alpha value is -1.55. The Bertz CT molecular complexity index is 411. The summed E-state index contributed by atoms with van der Waals surface area (Å²) in [5.41, 5.74) is 0.945. The first-order valence-electron chi connectivity index (χ1n) is 3.71. The molecule has 0 fully saturated rings. The van der Waals surface area contributed by atoms with Gasteiger partial charge in [0.05, 0.1) is 4.88 Å². The van der Waals surface area contributed by atoms with Crippen molar-refractivity contribution in [2.75, 3.05) is 0 Å². The molecule has 13 heavy (non-hydrogen) atoms. The molecule has 0 radical (unpaired) electrons. The van der Waals surface area contributed by atoms with Crippen molar-refractivity contribution in [2.45, 2.75) is 0 Å². The van der Waals surface area contributed by atoms with Gasteiger partial charge in [-0.25, -0.2) is 4.98 Å². The number of aromatic nitrogens is 2. The number of aldehydes is 1. The van der Waals surface area contributed by atoms with Crippen molar-refractivity contribution in [3.05, 3.63) is 35.6 Å². The van der Waals surface area contributed by atoms with E-state index in [9.17, 15) is 4.79 Å². The van der Waals surface area contributed by atoms with E-state index < -0.39 is 0 Å². The maximum atomic E-state index is 10.4. The lowest BCUT2D eigenvalue weighted by Crippen LogP contribution is -1.75. The van der Waals surface area contributed by atoms with E-state index in [1.54, 1.807) is 18.6 Å². The maximum Gasteiger partial charge on any atom is 0.161 e. The van der Waals surface area contributed by atoms with Gasteiger partial charge in [0.25, 0.3) is 0 Å². The summed E-state index contributed by atoms with van der Waals surface area (Å²) in [5.74, 6) is 0. The van der Waals surface area contributed by atoms with E-state index in [4.69, 9.17) is 0 Å². The third-order valence-electron chi connectivity index (χ3n) is 1.55. The van der Waals surface area contributed by atoms with E-state index in [2.05, 4.69) is 9.97 Å². The van der Waals surface area contributed by atoms with Crippen molar-refractivity contribution in [3.63, 3.8) is 0 Å². The Morgan fingerprint density at radius 1 is 1.38 bits per heavy atom. The summed E-state index contributed by atoms with van der Waals surface area (Å²) in [6.07, 6.45) is 5.81. The molecule has 0 saturated heterocycles. The van der Waals surface area contributed by atoms with Crippen LogP contribution in [0.3, 0.4) is 0 Å². The van der Waals surface area contributed by atoms with Crippen LogP contribution in [-0.4, -0.2) is 16.3 Å². The smallest absolute Gasteiger partial charge is 0.161 e. The number of nitrogens with zero attached hydrogens (tertiary/aromatic N) is 2. The molecule has 0 saturated carbocycles. The second kappa shape index (κ2) is 3.45. The molecule has 0 N–H and O–H groups in total. The molecule has 2 aromatic heterocycles. The van der Waals surface area contributed by atoms with Crippen LogP contribution in [0.25, 0.3) is 10.6 Å². The van der Waals surface area contributed by atoms with Crippen molar-refractivity contribution in [1.82, 2.24) is 9.97 Å². The molecular formula is C9H6N2OS. The topological polar surface area (TPSA) is 42.9 Å². The molecule has 0 aliphatic rings. The molecule has 2 rings (SSSR count). The minimum absolute atomic E-state index is 0.638. The molecule has 4 heteroatoms. The Morgan fingerprint density at radius 3 is 2.92 bits per heavy atom. The Kier molecular flexibility index (Phi) is 2.14. The average molecular weight is 190 g/mol. The lowest BCUT2D eigenvalue weighted by Gasteiger charge is -1.91. The number of carbonyl (C=O) groups is 1. The van der Waals surface area contributed by atoms with Gasteiger partial charge in [0.2, 0.25) is 0 Å². The molecule has 0 aromatic carbocycles. The molecule has 0 bridgehead atoms. The van der Waals surface area contributed by atoms with Crippen LogP contribution in [0.2, 0.25) is 0 Å². The van der Waals surface area contributed by atoms with Crippen LogP contribution in [-0.2, 0) is 0 Å². The predicted molar refractivity (Wildman–Crippen MR) is 50.7 cm³/mol. The van der Waals surface area contributed by atoms with Crippen LogP contribution < -0.4 is 0 Å². The number of hydrogen-bond donors (Lipinski definition) is 0. The third kappa shape index (κ3) is 1.62. The average Bonchev–Trinajstić information content (AvgIpc) is 2.67. The van der Waals surface area contributed by atoms with Crippen LogP contribution >= 0.6 is 11.3 Å². The normalized spacial score (nSPS) is 9.85. The summed E-state index contributed by atoms with van der Waals surface area (Å²) in [6.45, 7) is 0. The van der Waals surface area contributed by atoms with Gasteiger partial charge in [0.1, 0.15) is 5.01 Å². The van der Waals surface area contributed by atoms with Gasteiger partial charge in [-0.3, -0.25) is 9.78 Å². The standard InChI is InChI=1S/C9H6N2OS/c12-6-8-5-11-9(13-8)7-2-1-3-10-4-7/h1-6H. The zero-order valence-corrected chi connectivity index (χ0v) is 7.49. The highest BCUT2D eigenvalue weighted by Crippen LogP contribution is 2.22. The zero-order chi connectivity index (χ0) is 9.10. The number of thiazole rings is 1. The Morgan fingerprint density at radius 2 is 2.31 bits per heavy atom. The van der Waals surface area contributed by atoms with Crippen molar-refractivity contribution < 1.29 is 4.79 Å². The molecule has 0 unspecified atom stereocenters. The molecule has 64 valence electrons. The lowest BCUT2D eigenvalue weighted by molar-refractivity contribution is 0.112. The molecule has 0 atom stereocenters. The number of pyridine rings is 1. The van der Waals surface area contributed by atoms with Gasteiger partial charge >= 0.3 is 0 Å². The summed E-state index contributed by atoms with van der Waals surface area (Å²) >= 11 is 1.37. The van der Waals surface area contributed by atoms with E-state index >= 15 is 0 Å². The number of carbonyl (C=O) groups excluding carboxylic acids is 1. The summed E-state index contributed by atoms with van der Waals surface area (Å²) in [4.78, 5) is 19.1. The highest BCUT2D eigenvalue weighted by Gasteiger charge is 2.02. The van der Waals surface area contributed by atoms with E-state index in [0.717, 1.165) is 16.9 Å². The van der Waals surface area contributed by atoms with Crippen LogP contribution in [0.4, 0.5) is 0 Å². The molecule has 0 spiro atoms. The minimum atomic E-state index is 0.638. The van der Waals surface area contributed by atoms with Crippen molar-refractivity contribution in [2.24, 2.45) is 0 Å². The zero-order valence-electron chi connectivity index (χ0n) is 6.68. The van der Waals surface area contributed by atoms with Crippen LogP contribution in [0.1, 0.15) is 9.67 Å². The summed E-state index contributed by atoms with van der Waals surface area (Å²) in [7, 11) is 0. The summed E-state index contributed by atoms with van der Waals surface area (Å²) < 4.78 is 0. The fourth-order valence-corrected chi connectivity index (χ4v) is 1.68. The first-order valence-corrected chi connectivity index (χ1v) is 4.53. The first kappa shape index (κ1) is 8.07.